The summed E-state index contributed by atoms with van der Waals surface area (Å²) in [6, 6.07) is 15.6. The molecule has 0 saturated carbocycles. The van der Waals surface area contributed by atoms with Crippen molar-refractivity contribution < 1.29 is 23.8 Å². The number of carbonyl (C=O) groups excluding carboxylic acids is 2. The molecule has 0 atom stereocenters. The van der Waals surface area contributed by atoms with Gasteiger partial charge < -0.3 is 24.8 Å². The molecule has 0 aliphatic heterocycles. The maximum atomic E-state index is 13.0. The van der Waals surface area contributed by atoms with Crippen molar-refractivity contribution in [2.24, 2.45) is 0 Å². The second-order valence-corrected chi connectivity index (χ2v) is 7.17. The van der Waals surface area contributed by atoms with E-state index in [9.17, 15) is 9.59 Å². The highest BCUT2D eigenvalue weighted by atomic mass is 16.5. The second kappa shape index (κ2) is 9.87. The SMILES string of the molecule is COc1cc(C(=O)Nc2ccccc2C(=O)Nc2ccc(C)c(C)c2)cc(OC)c1OC. The predicted octanol–water partition coefficient (Wildman–Crippen LogP) is 4.83. The number of hydrogen-bond acceptors (Lipinski definition) is 5. The average molecular weight is 434 g/mol. The van der Waals surface area contributed by atoms with E-state index in [0.717, 1.165) is 11.1 Å². The highest BCUT2D eigenvalue weighted by Gasteiger charge is 2.19. The molecular weight excluding hydrogens is 408 g/mol. The molecule has 3 aromatic carbocycles. The fourth-order valence-corrected chi connectivity index (χ4v) is 3.21. The van der Waals surface area contributed by atoms with Gasteiger partial charge in [-0.15, -0.1) is 0 Å². The average Bonchev–Trinajstić information content (AvgIpc) is 2.80. The van der Waals surface area contributed by atoms with Crippen LogP contribution in [0.5, 0.6) is 17.2 Å². The van der Waals surface area contributed by atoms with Gasteiger partial charge in [0.25, 0.3) is 11.8 Å². The van der Waals surface area contributed by atoms with Crippen LogP contribution in [0.1, 0.15) is 31.8 Å². The summed E-state index contributed by atoms with van der Waals surface area (Å²) in [6.45, 7) is 3.99. The number of anilines is 2. The van der Waals surface area contributed by atoms with Crippen LogP contribution >= 0.6 is 0 Å². The summed E-state index contributed by atoms with van der Waals surface area (Å²) in [4.78, 5) is 25.9. The molecule has 0 aliphatic carbocycles. The van der Waals surface area contributed by atoms with Crippen LogP contribution in [0.3, 0.4) is 0 Å². The van der Waals surface area contributed by atoms with E-state index in [4.69, 9.17) is 14.2 Å². The summed E-state index contributed by atoms with van der Waals surface area (Å²) in [5.74, 6) is 0.361. The lowest BCUT2D eigenvalue weighted by atomic mass is 10.1. The molecule has 0 radical (unpaired) electrons. The Bertz CT molecular complexity index is 1130. The van der Waals surface area contributed by atoms with Crippen molar-refractivity contribution in [1.29, 1.82) is 0 Å². The monoisotopic (exact) mass is 434 g/mol. The lowest BCUT2D eigenvalue weighted by molar-refractivity contribution is 0.102. The summed E-state index contributed by atoms with van der Waals surface area (Å²) in [7, 11) is 4.45. The molecule has 7 nitrogen and oxygen atoms in total. The smallest absolute Gasteiger partial charge is 0.257 e. The zero-order valence-corrected chi connectivity index (χ0v) is 18.7. The van der Waals surface area contributed by atoms with Gasteiger partial charge in [0.2, 0.25) is 5.75 Å². The van der Waals surface area contributed by atoms with Gasteiger partial charge in [0, 0.05) is 11.3 Å². The fraction of sp³-hybridized carbons (Fsp3) is 0.200. The van der Waals surface area contributed by atoms with E-state index in [1.807, 2.05) is 32.0 Å². The van der Waals surface area contributed by atoms with Crippen LogP contribution < -0.4 is 24.8 Å². The summed E-state index contributed by atoms with van der Waals surface area (Å²) >= 11 is 0. The number of amides is 2. The minimum atomic E-state index is -0.421. The van der Waals surface area contributed by atoms with Crippen LogP contribution in [0.4, 0.5) is 11.4 Å². The summed E-state index contributed by atoms with van der Waals surface area (Å²) < 4.78 is 15.9. The number of nitrogens with one attached hydrogen (secondary N) is 2. The summed E-state index contributed by atoms with van der Waals surface area (Å²) in [5.41, 5.74) is 3.92. The molecule has 32 heavy (non-hydrogen) atoms. The Hall–Kier alpha value is -4.00. The number of rotatable bonds is 7. The van der Waals surface area contributed by atoms with Gasteiger partial charge in [-0.1, -0.05) is 18.2 Å². The van der Waals surface area contributed by atoms with E-state index in [1.54, 1.807) is 36.4 Å². The van der Waals surface area contributed by atoms with Gasteiger partial charge in [0.05, 0.1) is 32.6 Å². The molecule has 0 spiro atoms. The van der Waals surface area contributed by atoms with E-state index < -0.39 is 5.91 Å². The van der Waals surface area contributed by atoms with Gasteiger partial charge in [-0.3, -0.25) is 9.59 Å². The molecule has 2 N–H and O–H groups in total. The van der Waals surface area contributed by atoms with Crippen molar-refractivity contribution >= 4 is 23.2 Å². The summed E-state index contributed by atoms with van der Waals surface area (Å²) in [6.07, 6.45) is 0. The Morgan fingerprint density at radius 2 is 1.38 bits per heavy atom. The molecule has 166 valence electrons. The van der Waals surface area contributed by atoms with Crippen LogP contribution in [0, 0.1) is 13.8 Å². The van der Waals surface area contributed by atoms with E-state index in [2.05, 4.69) is 10.6 Å². The zero-order chi connectivity index (χ0) is 23.3. The first-order chi connectivity index (χ1) is 15.4. The van der Waals surface area contributed by atoms with Gasteiger partial charge >= 0.3 is 0 Å². The molecule has 0 bridgehead atoms. The molecule has 0 saturated heterocycles. The third-order valence-corrected chi connectivity index (χ3v) is 5.11. The summed E-state index contributed by atoms with van der Waals surface area (Å²) in [5, 5.41) is 5.69. The predicted molar refractivity (Wildman–Crippen MR) is 124 cm³/mol. The molecule has 0 unspecified atom stereocenters. The van der Waals surface area contributed by atoms with Gasteiger partial charge in [-0.05, 0) is 61.4 Å². The van der Waals surface area contributed by atoms with E-state index in [1.165, 1.54) is 21.3 Å². The third-order valence-electron chi connectivity index (χ3n) is 5.11. The Morgan fingerprint density at radius 3 is 1.97 bits per heavy atom. The number of para-hydroxylation sites is 1. The van der Waals surface area contributed by atoms with Crippen molar-refractivity contribution in [1.82, 2.24) is 0 Å². The molecule has 0 fully saturated rings. The normalized spacial score (nSPS) is 10.3. The third kappa shape index (κ3) is 4.83. The molecule has 0 aromatic heterocycles. The standard InChI is InChI=1S/C25H26N2O5/c1-15-10-11-18(12-16(15)2)26-25(29)19-8-6-7-9-20(19)27-24(28)17-13-21(30-3)23(32-5)22(14-17)31-4/h6-14H,1-5H3,(H,26,29)(H,27,28). The first kappa shape index (κ1) is 22.7. The fourth-order valence-electron chi connectivity index (χ4n) is 3.21. The Labute approximate surface area is 187 Å². The molecular formula is C25H26N2O5. The van der Waals surface area contributed by atoms with Crippen LogP contribution in [-0.2, 0) is 0 Å². The van der Waals surface area contributed by atoms with Crippen molar-refractivity contribution in [3.05, 3.63) is 76.9 Å². The quantitative estimate of drug-likeness (QED) is 0.556. The molecule has 2 amide bonds. The number of methoxy groups -OCH3 is 3. The first-order valence-electron chi connectivity index (χ1n) is 9.97. The van der Waals surface area contributed by atoms with Crippen LogP contribution in [0.15, 0.2) is 54.6 Å². The number of hydrogen-bond donors (Lipinski definition) is 2. The maximum Gasteiger partial charge on any atom is 0.257 e. The van der Waals surface area contributed by atoms with E-state index in [-0.39, 0.29) is 5.91 Å². The number of benzene rings is 3. The Balaban J connectivity index is 1.86. The number of aryl methyl sites for hydroxylation is 2. The van der Waals surface area contributed by atoms with E-state index in [0.29, 0.717) is 39.8 Å². The molecule has 7 heteroatoms. The lowest BCUT2D eigenvalue weighted by Crippen LogP contribution is -2.18. The van der Waals surface area contributed by atoms with Gasteiger partial charge in [0.15, 0.2) is 11.5 Å². The molecule has 3 aromatic rings. The largest absolute Gasteiger partial charge is 0.493 e. The van der Waals surface area contributed by atoms with Gasteiger partial charge in [-0.25, -0.2) is 0 Å². The lowest BCUT2D eigenvalue weighted by Gasteiger charge is -2.15. The van der Waals surface area contributed by atoms with E-state index >= 15 is 0 Å². The van der Waals surface area contributed by atoms with Crippen molar-refractivity contribution in [2.45, 2.75) is 13.8 Å². The topological polar surface area (TPSA) is 85.9 Å². The minimum absolute atomic E-state index is 0.295. The Kier molecular flexibility index (Phi) is 7.00. The van der Waals surface area contributed by atoms with Gasteiger partial charge in [0.1, 0.15) is 0 Å². The maximum absolute atomic E-state index is 13.0. The molecule has 3 rings (SSSR count). The van der Waals surface area contributed by atoms with Gasteiger partial charge in [-0.2, -0.15) is 0 Å². The second-order valence-electron chi connectivity index (χ2n) is 7.17. The van der Waals surface area contributed by atoms with Crippen molar-refractivity contribution in [3.63, 3.8) is 0 Å². The Morgan fingerprint density at radius 1 is 0.719 bits per heavy atom. The van der Waals surface area contributed by atoms with Crippen LogP contribution in [0.2, 0.25) is 0 Å². The van der Waals surface area contributed by atoms with Crippen molar-refractivity contribution in [3.8, 4) is 17.2 Å². The molecule has 0 aliphatic rings. The highest BCUT2D eigenvalue weighted by Crippen LogP contribution is 2.38. The minimum Gasteiger partial charge on any atom is -0.493 e. The van der Waals surface area contributed by atoms with Crippen LogP contribution in [0.25, 0.3) is 0 Å². The highest BCUT2D eigenvalue weighted by molar-refractivity contribution is 6.12. The first-order valence-corrected chi connectivity index (χ1v) is 9.97. The zero-order valence-electron chi connectivity index (χ0n) is 18.7. The number of carbonyl (C=O) groups is 2. The number of ether oxygens (including phenoxy) is 3. The van der Waals surface area contributed by atoms with Crippen molar-refractivity contribution in [2.75, 3.05) is 32.0 Å². The molecule has 0 heterocycles. The van der Waals surface area contributed by atoms with Crippen LogP contribution in [-0.4, -0.2) is 33.1 Å².